The predicted molar refractivity (Wildman–Crippen MR) is 125 cm³/mol. The summed E-state index contributed by atoms with van der Waals surface area (Å²) in [4.78, 5) is 26.0. The lowest BCUT2D eigenvalue weighted by molar-refractivity contribution is -0.149. The molecule has 2 aromatic rings. The number of hydrogen-bond donors (Lipinski definition) is 3. The molecule has 192 valence electrons. The number of imidazole rings is 1. The first kappa shape index (κ1) is 26.8. The van der Waals surface area contributed by atoms with E-state index in [9.17, 15) is 14.5 Å². The first-order valence-electron chi connectivity index (χ1n) is 10.7. The van der Waals surface area contributed by atoms with E-state index in [-0.39, 0.29) is 17.7 Å². The van der Waals surface area contributed by atoms with Crippen molar-refractivity contribution in [3.05, 3.63) is 6.33 Å². The van der Waals surface area contributed by atoms with Crippen LogP contribution < -0.4 is 15.7 Å². The lowest BCUT2D eigenvalue weighted by Crippen LogP contribution is -2.42. The Morgan fingerprint density at radius 3 is 2.77 bits per heavy atom. The first-order chi connectivity index (χ1) is 16.4. The number of nitrogens with zero attached hydrogens (tertiary/aromatic N) is 5. The van der Waals surface area contributed by atoms with E-state index >= 15 is 4.39 Å². The van der Waals surface area contributed by atoms with E-state index in [1.54, 1.807) is 32.8 Å². The lowest BCUT2D eigenvalue weighted by atomic mass is 9.97. The topological polar surface area (TPSA) is 167 Å². The maximum Gasteiger partial charge on any atom is 0.323 e. The Hall–Kier alpha value is -2.82. The fourth-order valence-electron chi connectivity index (χ4n) is 3.48. The fourth-order valence-corrected chi connectivity index (χ4v) is 4.35. The highest BCUT2D eigenvalue weighted by molar-refractivity contribution is 7.36. The Labute approximate surface area is 202 Å². The number of carbonyl (C=O) groups is 1. The Morgan fingerprint density at radius 2 is 2.17 bits per heavy atom. The second-order valence-electron chi connectivity index (χ2n) is 8.46. The summed E-state index contributed by atoms with van der Waals surface area (Å²) in [5, 5.41) is 13.1. The molecule has 0 bridgehead atoms. The van der Waals surface area contributed by atoms with Gasteiger partial charge in [0, 0.05) is 14.1 Å². The minimum Gasteiger partial charge on any atom is -0.462 e. The number of aliphatic hydroxyl groups is 1. The third-order valence-corrected chi connectivity index (χ3v) is 6.28. The lowest BCUT2D eigenvalue weighted by Gasteiger charge is -2.23. The van der Waals surface area contributed by atoms with Crippen LogP contribution >= 0.6 is 8.18 Å². The molecule has 0 amide bonds. The van der Waals surface area contributed by atoms with Crippen LogP contribution in [0.4, 0.5) is 16.2 Å². The van der Waals surface area contributed by atoms with E-state index in [4.69, 9.17) is 26.2 Å². The largest absolute Gasteiger partial charge is 0.462 e. The Morgan fingerprint density at radius 1 is 1.49 bits per heavy atom. The van der Waals surface area contributed by atoms with Crippen molar-refractivity contribution >= 4 is 37.1 Å². The number of terminal acetylenes is 1. The summed E-state index contributed by atoms with van der Waals surface area (Å²) < 4.78 is 45.3. The number of ether oxygens (including phenoxy) is 2. The van der Waals surface area contributed by atoms with Gasteiger partial charge in [0.2, 0.25) is 11.6 Å². The van der Waals surface area contributed by atoms with Crippen LogP contribution in [0.2, 0.25) is 0 Å². The molecule has 1 saturated heterocycles. The molecule has 0 spiro atoms. The first-order valence-corrected chi connectivity index (χ1v) is 12.0. The Balaban J connectivity index is 1.78. The van der Waals surface area contributed by atoms with Gasteiger partial charge >= 0.3 is 5.97 Å². The molecular weight excluding hydrogens is 484 g/mol. The molecule has 1 fully saturated rings. The van der Waals surface area contributed by atoms with Gasteiger partial charge in [-0.05, 0) is 20.8 Å². The number of esters is 1. The Kier molecular flexibility index (Phi) is 7.98. The quantitative estimate of drug-likeness (QED) is 0.240. The van der Waals surface area contributed by atoms with Gasteiger partial charge in [-0.3, -0.25) is 13.9 Å². The van der Waals surface area contributed by atoms with Crippen molar-refractivity contribution in [3.8, 4) is 12.3 Å². The van der Waals surface area contributed by atoms with Crippen LogP contribution in [-0.4, -0.2) is 81.3 Å². The number of rotatable bonds is 9. The van der Waals surface area contributed by atoms with Gasteiger partial charge in [0.15, 0.2) is 23.2 Å². The average Bonchev–Trinajstić information content (AvgIpc) is 3.30. The molecule has 4 N–H and O–H groups in total. The maximum absolute atomic E-state index is 15.8. The highest BCUT2D eigenvalue weighted by Crippen LogP contribution is 2.43. The normalized spacial score (nSPS) is 26.0. The van der Waals surface area contributed by atoms with Crippen LogP contribution in [0, 0.1) is 12.3 Å². The number of aromatic nitrogens is 4. The predicted octanol–water partition coefficient (Wildman–Crippen LogP) is 0.410. The van der Waals surface area contributed by atoms with Crippen molar-refractivity contribution in [2.24, 2.45) is 0 Å². The number of nitrogens with two attached hydrogens (primary N) is 1. The number of halogens is 1. The summed E-state index contributed by atoms with van der Waals surface area (Å²) in [5.41, 5.74) is 3.57. The molecule has 0 aliphatic carbocycles. The summed E-state index contributed by atoms with van der Waals surface area (Å²) in [6.45, 7) is 4.34. The molecule has 1 unspecified atom stereocenters. The molecule has 2 aromatic heterocycles. The molecule has 0 aromatic carbocycles. The van der Waals surface area contributed by atoms with Crippen LogP contribution in [0.1, 0.15) is 27.0 Å². The second-order valence-corrected chi connectivity index (χ2v) is 9.61. The highest BCUT2D eigenvalue weighted by Gasteiger charge is 2.58. The molecule has 0 saturated carbocycles. The molecule has 6 atom stereocenters. The number of fused-ring (bicyclic) bond motifs is 1. The van der Waals surface area contributed by atoms with Crippen molar-refractivity contribution in [2.75, 3.05) is 31.3 Å². The number of carbonyl (C=O) groups excluding carboxylic acids is 1. The minimum absolute atomic E-state index is 0.0821. The summed E-state index contributed by atoms with van der Waals surface area (Å²) in [5.74, 6) is 1.65. The molecule has 15 heteroatoms. The molecule has 35 heavy (non-hydrogen) atoms. The van der Waals surface area contributed by atoms with Gasteiger partial charge in [-0.15, -0.1) is 6.42 Å². The zero-order chi connectivity index (χ0) is 26.1. The van der Waals surface area contributed by atoms with Gasteiger partial charge in [-0.1, -0.05) is 5.92 Å². The smallest absolute Gasteiger partial charge is 0.323 e. The van der Waals surface area contributed by atoms with Crippen molar-refractivity contribution < 1.29 is 32.9 Å². The van der Waals surface area contributed by atoms with Gasteiger partial charge in [0.05, 0.1) is 19.0 Å². The fraction of sp³-hybridized carbons (Fsp3) is 0.600. The number of anilines is 2. The molecule has 1 aliphatic heterocycles. The van der Waals surface area contributed by atoms with Gasteiger partial charge in [0.25, 0.3) is 8.18 Å². The molecule has 3 heterocycles. The highest BCUT2D eigenvalue weighted by atomic mass is 31.1. The van der Waals surface area contributed by atoms with Gasteiger partial charge < -0.3 is 29.7 Å². The van der Waals surface area contributed by atoms with E-state index < -0.39 is 50.9 Å². The van der Waals surface area contributed by atoms with E-state index in [0.29, 0.717) is 11.3 Å². The molecule has 13 nitrogen and oxygen atoms in total. The summed E-state index contributed by atoms with van der Waals surface area (Å²) >= 11 is 0. The number of nitrogen functional groups attached to an aromatic ring is 1. The molecule has 0 radical (unpaired) electrons. The van der Waals surface area contributed by atoms with Gasteiger partial charge in [-0.25, -0.2) is 14.5 Å². The number of hydrogen-bond acceptors (Lipinski definition) is 11. The molecule has 1 aliphatic rings. The monoisotopic (exact) mass is 513 g/mol. The van der Waals surface area contributed by atoms with Crippen molar-refractivity contribution in [2.45, 2.75) is 57.0 Å². The standard InChI is InChI=1S/C20H29FN7O6P/c1-7-20(21)14(29)12(8-32-35(31)26-11(4)17(30)33-10(2)3)34-18(20)28-9-23-13-15(27(5)6)24-19(22)25-16(13)28/h1,9-12,14,18,29,35H,8H2,2-6H3,(H,26,31)(H2,22,24,25)/t11-,12+,14+,18+,20+/m0/s1. The minimum atomic E-state index is -2.98. The van der Waals surface area contributed by atoms with Crippen molar-refractivity contribution in [3.63, 3.8) is 0 Å². The van der Waals surface area contributed by atoms with Crippen LogP contribution in [0.3, 0.4) is 0 Å². The zero-order valence-electron chi connectivity index (χ0n) is 19.9. The van der Waals surface area contributed by atoms with E-state index in [1.165, 1.54) is 17.8 Å². The Bertz CT molecular complexity index is 1150. The summed E-state index contributed by atoms with van der Waals surface area (Å²) in [6, 6.07) is -0.912. The maximum atomic E-state index is 15.8. The molecular formula is C20H29FN7O6P. The number of aliphatic hydroxyl groups excluding tert-OH is 1. The van der Waals surface area contributed by atoms with Gasteiger partial charge in [0.1, 0.15) is 18.2 Å². The van der Waals surface area contributed by atoms with Crippen molar-refractivity contribution in [1.29, 1.82) is 0 Å². The van der Waals surface area contributed by atoms with Gasteiger partial charge in [-0.2, -0.15) is 9.97 Å². The van der Waals surface area contributed by atoms with Crippen LogP contribution in [0.15, 0.2) is 6.33 Å². The van der Waals surface area contributed by atoms with E-state index in [1.807, 2.05) is 5.92 Å². The van der Waals surface area contributed by atoms with E-state index in [0.717, 1.165) is 0 Å². The second kappa shape index (κ2) is 10.4. The third-order valence-electron chi connectivity index (χ3n) is 5.18. The van der Waals surface area contributed by atoms with E-state index in [2.05, 4.69) is 20.0 Å². The average molecular weight is 513 g/mol. The summed E-state index contributed by atoms with van der Waals surface area (Å²) in [6.07, 6.45) is 1.68. The van der Waals surface area contributed by atoms with Crippen LogP contribution in [0.5, 0.6) is 0 Å². The SMILES string of the molecule is C#C[C@@]1(F)[C@H](O)[C@@H](CO[PH](=O)N[C@@H](C)C(=O)OC(C)C)O[C@H]1n1cnc2c(N(C)C)nc(N)nc21. The van der Waals surface area contributed by atoms with Crippen LogP contribution in [-0.2, 0) is 23.4 Å². The zero-order valence-corrected chi connectivity index (χ0v) is 20.9. The third kappa shape index (κ3) is 5.39. The van der Waals surface area contributed by atoms with Crippen LogP contribution in [0.25, 0.3) is 11.2 Å². The summed E-state index contributed by atoms with van der Waals surface area (Å²) in [7, 11) is 0.477. The number of alkyl halides is 1. The number of nitrogens with one attached hydrogen (secondary N) is 1. The van der Waals surface area contributed by atoms with Crippen molar-refractivity contribution in [1.82, 2.24) is 24.6 Å². The molecule has 3 rings (SSSR count).